The fourth-order valence-corrected chi connectivity index (χ4v) is 6.59. The Balaban J connectivity index is 2.95. The number of rotatable bonds is 5. The minimum absolute atomic E-state index is 0.0392. The molecule has 0 aromatic heterocycles. The summed E-state index contributed by atoms with van der Waals surface area (Å²) in [4.78, 5) is 0. The zero-order valence-electron chi connectivity index (χ0n) is 15.4. The lowest BCUT2D eigenvalue weighted by atomic mass is 10.2. The third-order valence-electron chi connectivity index (χ3n) is 3.37. The van der Waals surface area contributed by atoms with E-state index in [0.29, 0.717) is 0 Å². The van der Waals surface area contributed by atoms with Crippen molar-refractivity contribution >= 4 is 31.6 Å². The summed E-state index contributed by atoms with van der Waals surface area (Å²) in [5, 5.41) is 0.389. The normalized spacial score (nSPS) is 13.6. The Morgan fingerprint density at radius 2 is 1.61 bits per heavy atom. The Kier molecular flexibility index (Phi) is 8.33. The average molecular weight is 441 g/mol. The highest BCUT2D eigenvalue weighted by Gasteiger charge is 2.40. The summed E-state index contributed by atoms with van der Waals surface area (Å²) < 4.78 is 7.78. The predicted molar refractivity (Wildman–Crippen MR) is 111 cm³/mol. The van der Waals surface area contributed by atoms with E-state index in [4.69, 9.17) is 4.43 Å². The minimum atomic E-state index is -1.01. The fourth-order valence-electron chi connectivity index (χ4n) is 2.73. The largest absolute Gasteiger partial charge is 0.402 e. The van der Waals surface area contributed by atoms with Gasteiger partial charge in [0.2, 0.25) is 9.04 Å². The Bertz CT molecular complexity index is 503. The van der Waals surface area contributed by atoms with Gasteiger partial charge < -0.3 is 4.43 Å². The molecule has 3 heteroatoms. The van der Waals surface area contributed by atoms with Gasteiger partial charge in [-0.15, -0.1) is 0 Å². The molecule has 127 valence electrons. The van der Waals surface area contributed by atoms with E-state index in [1.54, 1.807) is 0 Å². The van der Waals surface area contributed by atoms with E-state index in [0.717, 1.165) is 22.8 Å². The van der Waals surface area contributed by atoms with Crippen LogP contribution in [0.15, 0.2) is 30.3 Å². The molecule has 0 amide bonds. The minimum Gasteiger partial charge on any atom is -0.402 e. The van der Waals surface area contributed by atoms with Crippen molar-refractivity contribution in [1.82, 2.24) is 0 Å². The van der Waals surface area contributed by atoms with Crippen molar-refractivity contribution in [3.8, 4) is 11.8 Å². The molecule has 0 aliphatic heterocycles. The molecule has 1 aromatic rings. The van der Waals surface area contributed by atoms with Crippen LogP contribution in [0.1, 0.15) is 59.9 Å². The Labute approximate surface area is 158 Å². The van der Waals surface area contributed by atoms with Gasteiger partial charge in [-0.3, -0.25) is 0 Å². The quantitative estimate of drug-likeness (QED) is 0.228. The van der Waals surface area contributed by atoms with Crippen molar-refractivity contribution in [3.63, 3.8) is 0 Å². The highest BCUT2D eigenvalue weighted by Crippen LogP contribution is 2.43. The van der Waals surface area contributed by atoms with Crippen LogP contribution in [0.3, 0.4) is 0 Å². The van der Waals surface area contributed by atoms with Gasteiger partial charge in [0.05, 0.1) is 0 Å². The number of hydrogen-bond acceptors (Lipinski definition) is 1. The maximum atomic E-state index is 6.63. The second-order valence-corrected chi connectivity index (χ2v) is 12.9. The van der Waals surface area contributed by atoms with Gasteiger partial charge in [-0.2, -0.15) is 0 Å². The summed E-state index contributed by atoms with van der Waals surface area (Å²) in [5.74, 6) is 6.70. The van der Waals surface area contributed by atoms with E-state index >= 15 is 0 Å². The molecular formula is C20H30IOSi. The van der Waals surface area contributed by atoms with Crippen LogP contribution in [0, 0.1) is 11.8 Å². The van der Waals surface area contributed by atoms with Gasteiger partial charge in [0.15, 0.2) is 0 Å². The number of alkyl halides is 1. The summed E-state index contributed by atoms with van der Waals surface area (Å²) in [6.45, 7) is 13.8. The van der Waals surface area contributed by atoms with Crippen LogP contribution in [0.4, 0.5) is 0 Å². The van der Waals surface area contributed by atoms with Crippen LogP contribution in [0.25, 0.3) is 0 Å². The van der Waals surface area contributed by atoms with Crippen molar-refractivity contribution in [3.05, 3.63) is 35.9 Å². The molecular weight excluding hydrogens is 411 g/mol. The van der Waals surface area contributed by atoms with E-state index in [-0.39, 0.29) is 16.2 Å². The number of halogens is 1. The van der Waals surface area contributed by atoms with E-state index in [1.807, 2.05) is 18.2 Å². The average Bonchev–Trinajstić information content (AvgIpc) is 2.45. The van der Waals surface area contributed by atoms with E-state index in [2.05, 4.69) is 88.1 Å². The SMILES string of the molecule is CC(C)(C)[Si](OC(C#Cc1ccccc1)CCCI)C(C)(C)C. The molecule has 1 nitrogen and oxygen atoms in total. The first-order valence-electron chi connectivity index (χ1n) is 8.31. The third kappa shape index (κ3) is 7.87. The maximum absolute atomic E-state index is 6.63. The van der Waals surface area contributed by atoms with Crippen LogP contribution in [0.5, 0.6) is 0 Å². The Morgan fingerprint density at radius 3 is 2.09 bits per heavy atom. The van der Waals surface area contributed by atoms with E-state index < -0.39 is 9.04 Å². The van der Waals surface area contributed by atoms with E-state index in [9.17, 15) is 0 Å². The third-order valence-corrected chi connectivity index (χ3v) is 7.38. The molecule has 0 aliphatic rings. The van der Waals surface area contributed by atoms with Crippen LogP contribution in [0.2, 0.25) is 10.1 Å². The summed E-state index contributed by atoms with van der Waals surface area (Å²) >= 11 is 2.43. The van der Waals surface area contributed by atoms with Crippen LogP contribution >= 0.6 is 22.6 Å². The first kappa shape index (κ1) is 20.7. The van der Waals surface area contributed by atoms with Gasteiger partial charge in [0, 0.05) is 5.56 Å². The number of hydrogen-bond donors (Lipinski definition) is 0. The molecule has 0 saturated carbocycles. The molecule has 0 heterocycles. The van der Waals surface area contributed by atoms with Crippen LogP contribution in [-0.2, 0) is 4.43 Å². The van der Waals surface area contributed by atoms with Crippen LogP contribution in [-0.4, -0.2) is 19.6 Å². The lowest BCUT2D eigenvalue weighted by Crippen LogP contribution is -2.41. The predicted octanol–water partition coefficient (Wildman–Crippen LogP) is 6.23. The molecule has 23 heavy (non-hydrogen) atoms. The monoisotopic (exact) mass is 441 g/mol. The molecule has 1 aromatic carbocycles. The first-order chi connectivity index (χ1) is 10.6. The van der Waals surface area contributed by atoms with Crippen molar-refractivity contribution in [2.24, 2.45) is 0 Å². The molecule has 1 atom stereocenters. The highest BCUT2D eigenvalue weighted by molar-refractivity contribution is 14.1. The molecule has 0 bridgehead atoms. The van der Waals surface area contributed by atoms with Crippen molar-refractivity contribution < 1.29 is 4.43 Å². The topological polar surface area (TPSA) is 9.23 Å². The highest BCUT2D eigenvalue weighted by atomic mass is 127. The molecule has 0 N–H and O–H groups in total. The second kappa shape index (κ2) is 9.24. The Morgan fingerprint density at radius 1 is 1.04 bits per heavy atom. The van der Waals surface area contributed by atoms with Gasteiger partial charge in [0.1, 0.15) is 6.10 Å². The molecule has 0 aliphatic carbocycles. The van der Waals surface area contributed by atoms with Gasteiger partial charge in [-0.1, -0.05) is 94.2 Å². The lowest BCUT2D eigenvalue weighted by Gasteiger charge is -2.39. The lowest BCUT2D eigenvalue weighted by molar-refractivity contribution is 0.221. The molecule has 1 radical (unpaired) electrons. The van der Waals surface area contributed by atoms with Crippen molar-refractivity contribution in [1.29, 1.82) is 0 Å². The van der Waals surface area contributed by atoms with Crippen molar-refractivity contribution in [2.45, 2.75) is 70.6 Å². The zero-order valence-corrected chi connectivity index (χ0v) is 18.5. The number of benzene rings is 1. The fraction of sp³-hybridized carbons (Fsp3) is 0.600. The molecule has 0 fully saturated rings. The standard InChI is InChI=1S/C20H30IOSi/c1-19(2,3)23(20(4,5)6)22-18(13-10-16-21)15-14-17-11-8-7-9-12-17/h7-9,11-12,18H,10,13,16H2,1-6H3. The molecule has 1 rings (SSSR count). The summed E-state index contributed by atoms with van der Waals surface area (Å²) in [6, 6.07) is 10.2. The molecule has 1 unspecified atom stereocenters. The van der Waals surface area contributed by atoms with Gasteiger partial charge in [-0.05, 0) is 39.5 Å². The molecule has 0 spiro atoms. The Hall–Kier alpha value is -0.313. The first-order valence-corrected chi connectivity index (χ1v) is 11.2. The summed E-state index contributed by atoms with van der Waals surface area (Å²) in [5.41, 5.74) is 1.07. The smallest absolute Gasteiger partial charge is 0.224 e. The second-order valence-electron chi connectivity index (χ2n) is 7.90. The molecule has 0 saturated heterocycles. The summed E-state index contributed by atoms with van der Waals surface area (Å²) in [7, 11) is -1.01. The maximum Gasteiger partial charge on any atom is 0.224 e. The zero-order chi connectivity index (χ0) is 17.5. The van der Waals surface area contributed by atoms with Crippen LogP contribution < -0.4 is 0 Å². The van der Waals surface area contributed by atoms with Gasteiger partial charge >= 0.3 is 0 Å². The van der Waals surface area contributed by atoms with Gasteiger partial charge in [-0.25, -0.2) is 0 Å². The van der Waals surface area contributed by atoms with E-state index in [1.165, 1.54) is 0 Å². The van der Waals surface area contributed by atoms with Crippen molar-refractivity contribution in [2.75, 3.05) is 4.43 Å². The summed E-state index contributed by atoms with van der Waals surface area (Å²) in [6.07, 6.45) is 2.21. The van der Waals surface area contributed by atoms with Gasteiger partial charge in [0.25, 0.3) is 0 Å².